The van der Waals surface area contributed by atoms with Crippen molar-refractivity contribution in [2.24, 2.45) is 5.92 Å². The van der Waals surface area contributed by atoms with Gasteiger partial charge in [0, 0.05) is 6.04 Å². The number of halogens is 2. The Bertz CT molecular complexity index is 1190. The first-order valence-electron chi connectivity index (χ1n) is 13.4. The molecule has 2 aliphatic rings. The lowest BCUT2D eigenvalue weighted by atomic mass is 9.83. The minimum atomic E-state index is -0.454. The minimum Gasteiger partial charge on any atom is -0.484 e. The number of nitrogens with zero attached hydrogens (tertiary/aromatic N) is 2. The number of para-hydroxylation sites is 1. The van der Waals surface area contributed by atoms with Gasteiger partial charge in [0.25, 0.3) is 0 Å². The van der Waals surface area contributed by atoms with Gasteiger partial charge in [-0.25, -0.2) is 9.37 Å². The molecule has 2 aliphatic carbocycles. The second-order valence-electron chi connectivity index (χ2n) is 10.4. The number of aromatic nitrogens is 2. The van der Waals surface area contributed by atoms with E-state index in [9.17, 15) is 9.18 Å². The lowest BCUT2D eigenvalue weighted by molar-refractivity contribution is -0.127. The van der Waals surface area contributed by atoms with Crippen LogP contribution in [0.3, 0.4) is 0 Å². The van der Waals surface area contributed by atoms with Gasteiger partial charge in [-0.15, -0.1) is 0 Å². The fourth-order valence-corrected chi connectivity index (χ4v) is 6.27. The molecule has 7 heteroatoms. The number of hydrogen-bond acceptors (Lipinski definition) is 3. The number of carbonyl (C=O) groups is 1. The van der Waals surface area contributed by atoms with Crippen molar-refractivity contribution in [1.29, 1.82) is 0 Å². The van der Waals surface area contributed by atoms with Crippen LogP contribution in [-0.2, 0) is 11.4 Å². The largest absolute Gasteiger partial charge is 0.484 e. The van der Waals surface area contributed by atoms with Crippen molar-refractivity contribution >= 4 is 28.5 Å². The summed E-state index contributed by atoms with van der Waals surface area (Å²) in [5.41, 5.74) is 2.23. The van der Waals surface area contributed by atoms with Gasteiger partial charge >= 0.3 is 0 Å². The van der Waals surface area contributed by atoms with Crippen molar-refractivity contribution in [2.45, 2.75) is 89.8 Å². The van der Waals surface area contributed by atoms with Crippen LogP contribution in [0.5, 0.6) is 5.75 Å². The number of hydrogen-bond donors (Lipinski definition) is 1. The highest BCUT2D eigenvalue weighted by Crippen LogP contribution is 2.37. The molecule has 1 aromatic heterocycles. The Morgan fingerprint density at radius 2 is 1.83 bits per heavy atom. The molecule has 3 aromatic rings. The van der Waals surface area contributed by atoms with Crippen molar-refractivity contribution in [3.63, 3.8) is 0 Å². The molecule has 0 radical (unpaired) electrons. The first-order chi connectivity index (χ1) is 17.5. The van der Waals surface area contributed by atoms with Crippen LogP contribution in [0.25, 0.3) is 11.0 Å². The maximum Gasteiger partial charge on any atom is 0.243 e. The van der Waals surface area contributed by atoms with Crippen LogP contribution in [0.4, 0.5) is 4.39 Å². The fraction of sp³-hybridized carbons (Fsp3) is 0.517. The normalized spacial score (nSPS) is 18.3. The molecule has 0 saturated heterocycles. The van der Waals surface area contributed by atoms with Gasteiger partial charge in [0.05, 0.1) is 16.1 Å². The Kier molecular flexibility index (Phi) is 7.80. The fourth-order valence-electron chi connectivity index (χ4n) is 5.99. The second-order valence-corrected chi connectivity index (χ2v) is 10.8. The molecule has 192 valence electrons. The van der Waals surface area contributed by atoms with Crippen LogP contribution in [0.15, 0.2) is 36.4 Å². The van der Waals surface area contributed by atoms with Crippen LogP contribution in [0, 0.1) is 18.7 Å². The Hall–Kier alpha value is -2.60. The summed E-state index contributed by atoms with van der Waals surface area (Å²) in [6.45, 7) is 2.09. The van der Waals surface area contributed by atoms with Gasteiger partial charge < -0.3 is 14.6 Å². The van der Waals surface area contributed by atoms with Gasteiger partial charge in [0.1, 0.15) is 30.0 Å². The lowest BCUT2D eigenvalue weighted by Gasteiger charge is -2.33. The average molecular weight is 512 g/mol. The van der Waals surface area contributed by atoms with Crippen LogP contribution >= 0.6 is 11.6 Å². The molecule has 1 amide bonds. The third-order valence-corrected chi connectivity index (χ3v) is 8.13. The predicted molar refractivity (Wildman–Crippen MR) is 141 cm³/mol. The minimum absolute atomic E-state index is 0.0209. The van der Waals surface area contributed by atoms with Gasteiger partial charge in [-0.3, -0.25) is 4.79 Å². The molecule has 1 N–H and O–H groups in total. The highest BCUT2D eigenvalue weighted by atomic mass is 35.5. The first kappa shape index (κ1) is 25.1. The highest BCUT2D eigenvalue weighted by molar-refractivity contribution is 6.32. The van der Waals surface area contributed by atoms with E-state index in [0.29, 0.717) is 27.6 Å². The molecule has 1 heterocycles. The van der Waals surface area contributed by atoms with Gasteiger partial charge in [-0.2, -0.15) is 0 Å². The predicted octanol–water partition coefficient (Wildman–Crippen LogP) is 7.29. The van der Waals surface area contributed by atoms with E-state index in [2.05, 4.69) is 5.32 Å². The van der Waals surface area contributed by atoms with Gasteiger partial charge in [-0.05, 0) is 68.4 Å². The number of carbonyl (C=O) groups excluding carboxylic acids is 1. The van der Waals surface area contributed by atoms with Crippen LogP contribution in [0.2, 0.25) is 5.02 Å². The second kappa shape index (κ2) is 11.2. The summed E-state index contributed by atoms with van der Waals surface area (Å²) >= 11 is 6.41. The van der Waals surface area contributed by atoms with E-state index in [1.807, 2.05) is 23.6 Å². The summed E-state index contributed by atoms with van der Waals surface area (Å²) in [6.07, 6.45) is 10.9. The molecule has 0 aliphatic heterocycles. The SMILES string of the molecule is Cc1cccc(Cl)c1OCc1nc2ccc(F)cc2n1C(C(=O)NC1CCCCC1)C1CCCCC1. The number of benzene rings is 2. The molecular formula is C29H35ClFN3O2. The third kappa shape index (κ3) is 5.39. The zero-order valence-electron chi connectivity index (χ0n) is 20.9. The number of rotatable bonds is 7. The number of imidazole rings is 1. The van der Waals surface area contributed by atoms with E-state index < -0.39 is 6.04 Å². The molecule has 5 rings (SSSR count). The summed E-state index contributed by atoms with van der Waals surface area (Å²) in [5, 5.41) is 3.89. The maximum absolute atomic E-state index is 14.5. The van der Waals surface area contributed by atoms with Crippen molar-refractivity contribution < 1.29 is 13.9 Å². The summed E-state index contributed by atoms with van der Waals surface area (Å²) in [7, 11) is 0. The number of nitrogens with one attached hydrogen (secondary N) is 1. The molecule has 5 nitrogen and oxygen atoms in total. The number of fused-ring (bicyclic) bond motifs is 1. The zero-order chi connectivity index (χ0) is 25.1. The molecule has 1 atom stereocenters. The van der Waals surface area contributed by atoms with Gasteiger partial charge in [0.15, 0.2) is 0 Å². The average Bonchev–Trinajstić information content (AvgIpc) is 3.22. The Morgan fingerprint density at radius 3 is 2.56 bits per heavy atom. The molecule has 2 saturated carbocycles. The van der Waals surface area contributed by atoms with Crippen molar-refractivity contribution in [3.8, 4) is 5.75 Å². The van der Waals surface area contributed by atoms with Crippen LogP contribution < -0.4 is 10.1 Å². The molecule has 1 unspecified atom stereocenters. The van der Waals surface area contributed by atoms with Crippen LogP contribution in [-0.4, -0.2) is 21.5 Å². The topological polar surface area (TPSA) is 56.2 Å². The molecule has 0 spiro atoms. The number of aryl methyl sites for hydroxylation is 1. The molecule has 0 bridgehead atoms. The number of amides is 1. The summed E-state index contributed by atoms with van der Waals surface area (Å²) in [5.74, 6) is 1.07. The molecule has 2 aromatic carbocycles. The van der Waals surface area contributed by atoms with E-state index in [1.54, 1.807) is 12.1 Å². The quantitative estimate of drug-likeness (QED) is 0.362. The highest BCUT2D eigenvalue weighted by Gasteiger charge is 2.35. The molecule has 2 fully saturated rings. The van der Waals surface area contributed by atoms with Crippen molar-refractivity contribution in [3.05, 3.63) is 58.6 Å². The first-order valence-corrected chi connectivity index (χ1v) is 13.7. The summed E-state index contributed by atoms with van der Waals surface area (Å²) < 4.78 is 22.6. The van der Waals surface area contributed by atoms with E-state index >= 15 is 0 Å². The van der Waals surface area contributed by atoms with Gasteiger partial charge in [0.2, 0.25) is 5.91 Å². The van der Waals surface area contributed by atoms with Gasteiger partial charge in [-0.1, -0.05) is 62.3 Å². The van der Waals surface area contributed by atoms with Crippen LogP contribution in [0.1, 0.15) is 81.6 Å². The summed E-state index contributed by atoms with van der Waals surface area (Å²) in [6, 6.07) is 9.97. The van der Waals surface area contributed by atoms with Crippen molar-refractivity contribution in [2.75, 3.05) is 0 Å². The smallest absolute Gasteiger partial charge is 0.243 e. The third-order valence-electron chi connectivity index (χ3n) is 7.83. The van der Waals surface area contributed by atoms with E-state index in [1.165, 1.54) is 25.0 Å². The van der Waals surface area contributed by atoms with E-state index in [0.717, 1.165) is 56.9 Å². The van der Waals surface area contributed by atoms with Crippen molar-refractivity contribution in [1.82, 2.24) is 14.9 Å². The standard InChI is InChI=1S/C29H35ClFN3O2/c1-19-9-8-14-23(30)28(19)36-18-26-33-24-16-15-21(31)17-25(24)34(26)27(20-10-4-2-5-11-20)29(35)32-22-12-6-3-7-13-22/h8-9,14-17,20,22,27H,2-7,10-13,18H2,1H3,(H,32,35). The Morgan fingerprint density at radius 1 is 1.11 bits per heavy atom. The zero-order valence-corrected chi connectivity index (χ0v) is 21.7. The molecular weight excluding hydrogens is 477 g/mol. The Balaban J connectivity index is 1.54. The monoisotopic (exact) mass is 511 g/mol. The maximum atomic E-state index is 14.5. The Labute approximate surface area is 217 Å². The van der Waals surface area contributed by atoms with E-state index in [4.69, 9.17) is 21.3 Å². The molecule has 36 heavy (non-hydrogen) atoms. The number of ether oxygens (including phenoxy) is 1. The summed E-state index contributed by atoms with van der Waals surface area (Å²) in [4.78, 5) is 18.8. The van der Waals surface area contributed by atoms with E-state index in [-0.39, 0.29) is 30.3 Å². The lowest BCUT2D eigenvalue weighted by Crippen LogP contribution is -2.44.